The molecule has 3 N–H and O–H groups in total. The van der Waals surface area contributed by atoms with Crippen LogP contribution in [0, 0.1) is 0 Å². The lowest BCUT2D eigenvalue weighted by Gasteiger charge is -2.07. The zero-order chi connectivity index (χ0) is 12.5. The van der Waals surface area contributed by atoms with Gasteiger partial charge in [-0.05, 0) is 18.2 Å². The Balaban J connectivity index is 2.03. The average molecular weight is 262 g/mol. The van der Waals surface area contributed by atoms with E-state index in [0.717, 1.165) is 0 Å². The van der Waals surface area contributed by atoms with Gasteiger partial charge in [0.2, 0.25) is 5.88 Å². The number of halogens is 1. The van der Waals surface area contributed by atoms with Gasteiger partial charge in [0.25, 0.3) is 0 Å². The van der Waals surface area contributed by atoms with Crippen LogP contribution in [0.2, 0.25) is 5.02 Å². The molecule has 1 aromatic carbocycles. The number of imidazole rings is 1. The summed E-state index contributed by atoms with van der Waals surface area (Å²) in [5, 5.41) is 0.418. The topological polar surface area (TPSA) is 89.7 Å². The number of fused-ring (bicyclic) bond motifs is 1. The first kappa shape index (κ1) is 10.8. The molecule has 0 bridgehead atoms. The van der Waals surface area contributed by atoms with Crippen molar-refractivity contribution in [2.45, 2.75) is 0 Å². The van der Waals surface area contributed by atoms with Crippen molar-refractivity contribution in [3.63, 3.8) is 0 Å². The second kappa shape index (κ2) is 4.15. The molecule has 7 heteroatoms. The van der Waals surface area contributed by atoms with Crippen molar-refractivity contribution in [1.29, 1.82) is 0 Å². The van der Waals surface area contributed by atoms with Gasteiger partial charge in [-0.25, -0.2) is 9.97 Å². The Kier molecular flexibility index (Phi) is 2.49. The summed E-state index contributed by atoms with van der Waals surface area (Å²) in [6.07, 6.45) is 2.90. The second-order valence-corrected chi connectivity index (χ2v) is 3.98. The molecule has 0 fully saturated rings. The molecule has 0 amide bonds. The number of aromatic amines is 1. The van der Waals surface area contributed by atoms with Crippen LogP contribution in [0.3, 0.4) is 0 Å². The van der Waals surface area contributed by atoms with E-state index >= 15 is 0 Å². The fourth-order valence-electron chi connectivity index (χ4n) is 1.52. The number of nitrogens with two attached hydrogens (primary N) is 1. The Morgan fingerprint density at radius 1 is 1.22 bits per heavy atom. The Hall–Kier alpha value is -2.34. The predicted molar refractivity (Wildman–Crippen MR) is 67.6 cm³/mol. The van der Waals surface area contributed by atoms with Gasteiger partial charge in [-0.15, -0.1) is 0 Å². The third kappa shape index (κ3) is 1.82. The Labute approximate surface area is 107 Å². The van der Waals surface area contributed by atoms with Gasteiger partial charge in [-0.2, -0.15) is 4.98 Å². The average Bonchev–Trinajstić information content (AvgIpc) is 2.82. The quantitative estimate of drug-likeness (QED) is 0.691. The van der Waals surface area contributed by atoms with Gasteiger partial charge in [0.15, 0.2) is 5.65 Å². The van der Waals surface area contributed by atoms with Gasteiger partial charge < -0.3 is 15.5 Å². The highest BCUT2D eigenvalue weighted by molar-refractivity contribution is 6.32. The summed E-state index contributed by atoms with van der Waals surface area (Å²) in [6, 6.07) is 5.00. The molecule has 0 saturated carbocycles. The third-order valence-electron chi connectivity index (χ3n) is 2.35. The normalized spacial score (nSPS) is 10.7. The van der Waals surface area contributed by atoms with E-state index < -0.39 is 0 Å². The number of nitrogen functional groups attached to an aromatic ring is 1. The lowest BCUT2D eigenvalue weighted by Crippen LogP contribution is -1.92. The maximum atomic E-state index is 6.03. The number of anilines is 1. The van der Waals surface area contributed by atoms with Crippen LogP contribution in [-0.4, -0.2) is 19.9 Å². The summed E-state index contributed by atoms with van der Waals surface area (Å²) < 4.78 is 5.63. The summed E-state index contributed by atoms with van der Waals surface area (Å²) in [4.78, 5) is 15.0. The smallest absolute Gasteiger partial charge is 0.248 e. The Morgan fingerprint density at radius 2 is 2.11 bits per heavy atom. The lowest BCUT2D eigenvalue weighted by atomic mass is 10.3. The van der Waals surface area contributed by atoms with Crippen molar-refractivity contribution < 1.29 is 4.74 Å². The molecule has 0 saturated heterocycles. The second-order valence-electron chi connectivity index (χ2n) is 3.57. The first-order chi connectivity index (χ1) is 8.74. The van der Waals surface area contributed by atoms with Gasteiger partial charge in [0.1, 0.15) is 17.6 Å². The van der Waals surface area contributed by atoms with Crippen LogP contribution in [0.15, 0.2) is 30.9 Å². The van der Waals surface area contributed by atoms with Crippen molar-refractivity contribution in [1.82, 2.24) is 19.9 Å². The van der Waals surface area contributed by atoms with E-state index in [1.165, 1.54) is 12.7 Å². The van der Waals surface area contributed by atoms with Crippen molar-refractivity contribution in [2.75, 3.05) is 5.73 Å². The van der Waals surface area contributed by atoms with Gasteiger partial charge in [0, 0.05) is 5.69 Å². The highest BCUT2D eigenvalue weighted by atomic mass is 35.5. The third-order valence-corrected chi connectivity index (χ3v) is 2.65. The maximum Gasteiger partial charge on any atom is 0.248 e. The summed E-state index contributed by atoms with van der Waals surface area (Å²) in [7, 11) is 0. The number of hydrogen-bond donors (Lipinski definition) is 2. The summed E-state index contributed by atoms with van der Waals surface area (Å²) in [5.41, 5.74) is 7.33. The zero-order valence-electron chi connectivity index (χ0n) is 9.09. The number of aromatic nitrogens is 4. The molecule has 0 radical (unpaired) electrons. The highest BCUT2D eigenvalue weighted by Crippen LogP contribution is 2.31. The number of nitrogens with zero attached hydrogens (tertiary/aromatic N) is 3. The molecule has 0 unspecified atom stereocenters. The van der Waals surface area contributed by atoms with Crippen molar-refractivity contribution in [3.8, 4) is 11.6 Å². The minimum absolute atomic E-state index is 0.365. The van der Waals surface area contributed by atoms with E-state index in [1.807, 2.05) is 0 Å². The SMILES string of the molecule is Nc1ccc(Oc2ncnc3nc[nH]c23)c(Cl)c1. The molecular weight excluding hydrogens is 254 g/mol. The zero-order valence-corrected chi connectivity index (χ0v) is 9.85. The van der Waals surface area contributed by atoms with Crippen LogP contribution in [0.1, 0.15) is 0 Å². The molecule has 0 aliphatic rings. The van der Waals surface area contributed by atoms with Crippen LogP contribution < -0.4 is 10.5 Å². The summed E-state index contributed by atoms with van der Waals surface area (Å²) in [6.45, 7) is 0. The molecule has 0 spiro atoms. The molecule has 0 aliphatic carbocycles. The molecule has 3 aromatic rings. The summed E-state index contributed by atoms with van der Waals surface area (Å²) >= 11 is 6.03. The first-order valence-corrected chi connectivity index (χ1v) is 5.49. The number of hydrogen-bond acceptors (Lipinski definition) is 5. The fourth-order valence-corrected chi connectivity index (χ4v) is 1.75. The fraction of sp³-hybridized carbons (Fsp3) is 0. The van der Waals surface area contributed by atoms with E-state index in [2.05, 4.69) is 19.9 Å². The number of rotatable bonds is 2. The molecule has 18 heavy (non-hydrogen) atoms. The Bertz CT molecular complexity index is 711. The predicted octanol–water partition coefficient (Wildman–Crippen LogP) is 2.38. The maximum absolute atomic E-state index is 6.03. The van der Waals surface area contributed by atoms with Crippen molar-refractivity contribution in [3.05, 3.63) is 35.9 Å². The minimum Gasteiger partial charge on any atom is -0.435 e. The number of nitrogens with one attached hydrogen (secondary N) is 1. The van der Waals surface area contributed by atoms with E-state index in [0.29, 0.717) is 33.5 Å². The van der Waals surface area contributed by atoms with Crippen LogP contribution in [0.25, 0.3) is 11.2 Å². The van der Waals surface area contributed by atoms with E-state index in [9.17, 15) is 0 Å². The largest absolute Gasteiger partial charge is 0.435 e. The molecular formula is C11H8ClN5O. The van der Waals surface area contributed by atoms with Gasteiger partial charge in [-0.1, -0.05) is 11.6 Å². The van der Waals surface area contributed by atoms with Crippen LogP contribution in [0.4, 0.5) is 5.69 Å². The van der Waals surface area contributed by atoms with Gasteiger partial charge >= 0.3 is 0 Å². The standard InChI is InChI=1S/C11H8ClN5O/c12-7-3-6(13)1-2-8(7)18-11-9-10(15-4-14-9)16-5-17-11/h1-5H,13H2,(H,14,15,16,17). The van der Waals surface area contributed by atoms with E-state index in [4.69, 9.17) is 22.1 Å². The van der Waals surface area contributed by atoms with Crippen molar-refractivity contribution in [2.24, 2.45) is 0 Å². The minimum atomic E-state index is 0.365. The van der Waals surface area contributed by atoms with E-state index in [1.54, 1.807) is 18.2 Å². The van der Waals surface area contributed by atoms with Crippen LogP contribution in [0.5, 0.6) is 11.6 Å². The highest BCUT2D eigenvalue weighted by Gasteiger charge is 2.10. The van der Waals surface area contributed by atoms with E-state index in [-0.39, 0.29) is 0 Å². The van der Waals surface area contributed by atoms with Gasteiger partial charge in [-0.3, -0.25) is 0 Å². The van der Waals surface area contributed by atoms with Crippen LogP contribution in [-0.2, 0) is 0 Å². The number of H-pyrrole nitrogens is 1. The molecule has 0 aliphatic heterocycles. The lowest BCUT2D eigenvalue weighted by molar-refractivity contribution is 0.467. The Morgan fingerprint density at radius 3 is 2.94 bits per heavy atom. The van der Waals surface area contributed by atoms with Crippen LogP contribution >= 0.6 is 11.6 Å². The first-order valence-electron chi connectivity index (χ1n) is 5.11. The molecule has 2 heterocycles. The monoisotopic (exact) mass is 261 g/mol. The van der Waals surface area contributed by atoms with Gasteiger partial charge in [0.05, 0.1) is 11.3 Å². The van der Waals surface area contributed by atoms with Crippen molar-refractivity contribution >= 4 is 28.5 Å². The number of ether oxygens (including phenoxy) is 1. The molecule has 90 valence electrons. The molecule has 2 aromatic heterocycles. The number of benzene rings is 1. The molecule has 6 nitrogen and oxygen atoms in total. The molecule has 0 atom stereocenters. The summed E-state index contributed by atoms with van der Waals surface area (Å²) in [5.74, 6) is 0.838. The molecule has 3 rings (SSSR count).